The lowest BCUT2D eigenvalue weighted by atomic mass is 9.53. The molecule has 2 heteroatoms. The molecule has 1 heterocycles. The fraction of sp³-hybridized carbons (Fsp3) is 0.900. The van der Waals surface area contributed by atoms with Gasteiger partial charge in [0.15, 0.2) is 6.29 Å². The molecule has 1 aliphatic carbocycles. The van der Waals surface area contributed by atoms with Crippen LogP contribution in [0.25, 0.3) is 0 Å². The van der Waals surface area contributed by atoms with E-state index in [0.29, 0.717) is 11.3 Å². The zero-order chi connectivity index (χ0) is 8.82. The number of ether oxygens (including phenoxy) is 1. The van der Waals surface area contributed by atoms with Gasteiger partial charge < -0.3 is 9.53 Å². The second-order valence-corrected chi connectivity index (χ2v) is 4.65. The number of carbonyl (C=O) groups excluding carboxylic acids is 1. The van der Waals surface area contributed by atoms with Crippen LogP contribution in [0.3, 0.4) is 0 Å². The number of hydrogen-bond donors (Lipinski definition) is 0. The molecule has 1 saturated heterocycles. The first kappa shape index (κ1) is 8.24. The minimum absolute atomic E-state index is 0.397. The van der Waals surface area contributed by atoms with Crippen LogP contribution in [-0.2, 0) is 9.53 Å². The summed E-state index contributed by atoms with van der Waals surface area (Å²) in [6.07, 6.45) is 4.55. The van der Waals surface area contributed by atoms with Crippen LogP contribution >= 0.6 is 0 Å². The average Bonchev–Trinajstić information content (AvgIpc) is 2.00. The maximum absolute atomic E-state index is 10.9. The smallest absolute Gasteiger partial charge is 0.151 e. The number of hydrogen-bond acceptors (Lipinski definition) is 2. The Labute approximate surface area is 73.3 Å². The van der Waals surface area contributed by atoms with Crippen LogP contribution in [0.2, 0.25) is 0 Å². The summed E-state index contributed by atoms with van der Waals surface area (Å²) in [7, 11) is 0. The van der Waals surface area contributed by atoms with E-state index in [2.05, 4.69) is 6.92 Å². The largest absolute Gasteiger partial charge is 0.367 e. The van der Waals surface area contributed by atoms with E-state index in [9.17, 15) is 4.79 Å². The highest BCUT2D eigenvalue weighted by Crippen LogP contribution is 2.56. The molecule has 3 atom stereocenters. The summed E-state index contributed by atoms with van der Waals surface area (Å²) in [5.41, 5.74) is -0.0842. The Bertz CT molecular complexity index is 214. The molecule has 0 amide bonds. The molecule has 0 radical (unpaired) electrons. The lowest BCUT2D eigenvalue weighted by Crippen LogP contribution is -2.57. The summed E-state index contributed by atoms with van der Waals surface area (Å²) in [4.78, 5) is 10.9. The van der Waals surface area contributed by atoms with Gasteiger partial charge >= 0.3 is 0 Å². The molecule has 12 heavy (non-hydrogen) atoms. The highest BCUT2D eigenvalue weighted by Gasteiger charge is 2.55. The van der Waals surface area contributed by atoms with Gasteiger partial charge in [-0.05, 0) is 37.5 Å². The van der Waals surface area contributed by atoms with Gasteiger partial charge in [0.25, 0.3) is 0 Å². The molecular formula is C10H16O2. The Kier molecular flexibility index (Phi) is 1.59. The van der Waals surface area contributed by atoms with Gasteiger partial charge in [0.2, 0.25) is 0 Å². The average molecular weight is 168 g/mol. The maximum atomic E-state index is 10.9. The summed E-state index contributed by atoms with van der Waals surface area (Å²) in [5.74, 6) is 0.469. The molecule has 0 bridgehead atoms. The van der Waals surface area contributed by atoms with Gasteiger partial charge in [-0.15, -0.1) is 0 Å². The van der Waals surface area contributed by atoms with E-state index >= 15 is 0 Å². The van der Waals surface area contributed by atoms with Crippen LogP contribution in [0.1, 0.15) is 33.1 Å². The van der Waals surface area contributed by atoms with Gasteiger partial charge in [-0.3, -0.25) is 0 Å². The Hall–Kier alpha value is -0.370. The fourth-order valence-corrected chi connectivity index (χ4v) is 2.78. The molecule has 0 spiro atoms. The molecule has 0 unspecified atom stereocenters. The van der Waals surface area contributed by atoms with E-state index in [1.165, 1.54) is 6.42 Å². The zero-order valence-electron chi connectivity index (χ0n) is 7.80. The van der Waals surface area contributed by atoms with Crippen LogP contribution in [0.15, 0.2) is 0 Å². The summed E-state index contributed by atoms with van der Waals surface area (Å²) in [6.45, 7) is 4.97. The van der Waals surface area contributed by atoms with Crippen molar-refractivity contribution in [3.8, 4) is 0 Å². The first-order valence-electron chi connectivity index (χ1n) is 4.71. The minimum Gasteiger partial charge on any atom is -0.367 e. The van der Waals surface area contributed by atoms with Crippen molar-refractivity contribution in [2.75, 3.05) is 6.61 Å². The van der Waals surface area contributed by atoms with Crippen molar-refractivity contribution in [3.63, 3.8) is 0 Å². The van der Waals surface area contributed by atoms with Gasteiger partial charge in [0.05, 0.1) is 0 Å². The Balaban J connectivity index is 2.22. The van der Waals surface area contributed by atoms with Crippen molar-refractivity contribution >= 4 is 6.29 Å². The quantitative estimate of drug-likeness (QED) is 0.558. The van der Waals surface area contributed by atoms with Crippen molar-refractivity contribution in [2.45, 2.75) is 38.7 Å². The number of carbonyl (C=O) groups is 1. The van der Waals surface area contributed by atoms with E-state index in [-0.39, 0.29) is 0 Å². The van der Waals surface area contributed by atoms with Gasteiger partial charge in [-0.2, -0.15) is 0 Å². The Morgan fingerprint density at radius 3 is 2.58 bits per heavy atom. The summed E-state index contributed by atoms with van der Waals surface area (Å²) < 4.78 is 5.55. The van der Waals surface area contributed by atoms with Crippen molar-refractivity contribution < 1.29 is 9.53 Å². The molecule has 0 aromatic rings. The third kappa shape index (κ3) is 0.875. The second kappa shape index (κ2) is 2.32. The third-order valence-electron chi connectivity index (χ3n) is 3.86. The molecule has 68 valence electrons. The molecule has 2 fully saturated rings. The number of aldehydes is 1. The van der Waals surface area contributed by atoms with E-state index in [4.69, 9.17) is 4.74 Å². The van der Waals surface area contributed by atoms with Gasteiger partial charge in [-0.1, -0.05) is 6.92 Å². The van der Waals surface area contributed by atoms with Crippen molar-refractivity contribution in [2.24, 2.45) is 11.3 Å². The SMILES string of the molecule is C[C@@]12CCO[C@](C)(C=O)[C@@H]1CC2. The Morgan fingerprint density at radius 2 is 2.17 bits per heavy atom. The highest BCUT2D eigenvalue weighted by molar-refractivity contribution is 5.63. The zero-order valence-corrected chi connectivity index (χ0v) is 7.80. The van der Waals surface area contributed by atoms with Crippen LogP contribution in [-0.4, -0.2) is 18.5 Å². The van der Waals surface area contributed by atoms with E-state index in [0.717, 1.165) is 25.7 Å². The third-order valence-corrected chi connectivity index (χ3v) is 3.86. The highest BCUT2D eigenvalue weighted by atomic mass is 16.5. The summed E-state index contributed by atoms with van der Waals surface area (Å²) >= 11 is 0. The molecule has 0 aromatic heterocycles. The van der Waals surface area contributed by atoms with Gasteiger partial charge in [0.1, 0.15) is 5.60 Å². The molecule has 2 aliphatic rings. The number of rotatable bonds is 1. The fourth-order valence-electron chi connectivity index (χ4n) is 2.78. The first-order chi connectivity index (χ1) is 5.61. The second-order valence-electron chi connectivity index (χ2n) is 4.65. The normalized spacial score (nSPS) is 52.3. The van der Waals surface area contributed by atoms with Gasteiger partial charge in [0, 0.05) is 6.61 Å². The van der Waals surface area contributed by atoms with Gasteiger partial charge in [-0.25, -0.2) is 0 Å². The maximum Gasteiger partial charge on any atom is 0.151 e. The van der Waals surface area contributed by atoms with Crippen molar-refractivity contribution in [3.05, 3.63) is 0 Å². The Morgan fingerprint density at radius 1 is 1.42 bits per heavy atom. The van der Waals surface area contributed by atoms with Crippen LogP contribution in [0.5, 0.6) is 0 Å². The van der Waals surface area contributed by atoms with E-state index < -0.39 is 5.60 Å². The molecule has 0 aromatic carbocycles. The summed E-state index contributed by atoms with van der Waals surface area (Å²) in [5, 5.41) is 0. The van der Waals surface area contributed by atoms with Crippen LogP contribution in [0.4, 0.5) is 0 Å². The predicted octanol–water partition coefficient (Wildman–Crippen LogP) is 1.78. The monoisotopic (exact) mass is 168 g/mol. The van der Waals surface area contributed by atoms with Crippen molar-refractivity contribution in [1.82, 2.24) is 0 Å². The topological polar surface area (TPSA) is 26.3 Å². The predicted molar refractivity (Wildman–Crippen MR) is 45.9 cm³/mol. The van der Waals surface area contributed by atoms with Crippen molar-refractivity contribution in [1.29, 1.82) is 0 Å². The molecule has 1 aliphatic heterocycles. The standard InChI is InChI=1S/C10H16O2/c1-9-4-3-8(9)10(2,7-11)12-6-5-9/h7-8H,3-6H2,1-2H3/t8-,9-,10-/m1/s1. The lowest BCUT2D eigenvalue weighted by Gasteiger charge is -2.57. The molecule has 0 N–H and O–H groups in total. The lowest BCUT2D eigenvalue weighted by molar-refractivity contribution is -0.196. The van der Waals surface area contributed by atoms with Crippen LogP contribution < -0.4 is 0 Å². The summed E-state index contributed by atoms with van der Waals surface area (Å²) in [6, 6.07) is 0. The van der Waals surface area contributed by atoms with E-state index in [1.807, 2.05) is 6.92 Å². The number of fused-ring (bicyclic) bond motifs is 1. The first-order valence-corrected chi connectivity index (χ1v) is 4.71. The molecule has 1 saturated carbocycles. The molecule has 2 nitrogen and oxygen atoms in total. The molecule has 2 rings (SSSR count). The molecular weight excluding hydrogens is 152 g/mol. The minimum atomic E-state index is -0.481. The van der Waals surface area contributed by atoms with Crippen LogP contribution in [0, 0.1) is 11.3 Å². The van der Waals surface area contributed by atoms with E-state index in [1.54, 1.807) is 0 Å².